The number of allylic oxidation sites excluding steroid dienone is 4. The minimum atomic E-state index is -1.06. The first-order valence-electron chi connectivity index (χ1n) is 7.27. The van der Waals surface area contributed by atoms with Crippen LogP contribution in [0.15, 0.2) is 40.5 Å². The number of Topliss-reactive ketones (excluding diaryl/α,β-unsaturated/α-hetero) is 2. The van der Waals surface area contributed by atoms with Crippen molar-refractivity contribution in [1.29, 1.82) is 21.0 Å². The minimum absolute atomic E-state index is 0.692. The van der Waals surface area contributed by atoms with Gasteiger partial charge in [-0.05, 0) is 30.7 Å². The topological polar surface area (TPSA) is 148 Å². The number of rotatable bonds is 2. The lowest BCUT2D eigenvalue weighted by atomic mass is 9.86. The van der Waals surface area contributed by atoms with E-state index >= 15 is 0 Å². The zero-order chi connectivity index (χ0) is 20.6. The van der Waals surface area contributed by atoms with Gasteiger partial charge in [0.2, 0.25) is 11.6 Å². The van der Waals surface area contributed by atoms with E-state index < -0.39 is 33.9 Å². The molecule has 1 aliphatic carbocycles. The molecule has 0 aromatic heterocycles. The zero-order valence-corrected chi connectivity index (χ0v) is 14.7. The van der Waals surface area contributed by atoms with Crippen molar-refractivity contribution in [2.45, 2.75) is 6.92 Å². The molecule has 0 saturated heterocycles. The Bertz CT molecular complexity index is 927. The van der Waals surface area contributed by atoms with E-state index in [4.69, 9.17) is 30.5 Å². The molecule has 0 spiro atoms. The molecule has 1 aliphatic rings. The van der Waals surface area contributed by atoms with Crippen molar-refractivity contribution < 1.29 is 19.1 Å². The third kappa shape index (κ3) is 4.17. The summed E-state index contributed by atoms with van der Waals surface area (Å²) in [6.45, 7) is 1.99. The van der Waals surface area contributed by atoms with Gasteiger partial charge >= 0.3 is 0 Å². The lowest BCUT2D eigenvalue weighted by molar-refractivity contribution is -0.115. The highest BCUT2D eigenvalue weighted by Crippen LogP contribution is 2.23. The van der Waals surface area contributed by atoms with Crippen LogP contribution in [0.2, 0.25) is 0 Å². The molecule has 2 rings (SSSR count). The molecule has 0 bridgehead atoms. The number of aryl methyl sites for hydroxylation is 1. The average Bonchev–Trinajstić information content (AvgIpc) is 2.68. The Hall–Kier alpha value is -4.40. The standard InChI is InChI=1S/C10N4O2.C9H12O2/c11-1-5-6(2-12)10(16)8(4-14)7(3-13)9(5)15;1-7-6-8(10-2)4-5-9(7)11-3/h;4-6H,1-3H3. The second-order valence-electron chi connectivity index (χ2n) is 4.94. The van der Waals surface area contributed by atoms with Gasteiger partial charge in [-0.3, -0.25) is 9.59 Å². The minimum Gasteiger partial charge on any atom is -0.497 e. The third-order valence-electron chi connectivity index (χ3n) is 3.46. The van der Waals surface area contributed by atoms with E-state index in [0.717, 1.165) is 17.1 Å². The van der Waals surface area contributed by atoms with E-state index in [-0.39, 0.29) is 0 Å². The van der Waals surface area contributed by atoms with Crippen molar-refractivity contribution in [1.82, 2.24) is 0 Å². The van der Waals surface area contributed by atoms with Gasteiger partial charge in [-0.1, -0.05) is 0 Å². The molecule has 1 aromatic carbocycles. The van der Waals surface area contributed by atoms with Crippen LogP contribution < -0.4 is 9.47 Å². The first-order chi connectivity index (χ1) is 12.9. The molecular formula is C19H12N4O4. The summed E-state index contributed by atoms with van der Waals surface area (Å²) in [6, 6.07) is 11.3. The fourth-order valence-corrected chi connectivity index (χ4v) is 2.11. The van der Waals surface area contributed by atoms with Gasteiger partial charge in [0.05, 0.1) is 14.2 Å². The van der Waals surface area contributed by atoms with Gasteiger partial charge in [-0.2, -0.15) is 21.0 Å². The van der Waals surface area contributed by atoms with E-state index in [1.165, 1.54) is 24.3 Å². The molecule has 0 fully saturated rings. The second-order valence-corrected chi connectivity index (χ2v) is 4.94. The lowest BCUT2D eigenvalue weighted by Crippen LogP contribution is -2.21. The van der Waals surface area contributed by atoms with Crippen LogP contribution in [0.25, 0.3) is 0 Å². The van der Waals surface area contributed by atoms with Crippen molar-refractivity contribution in [2.24, 2.45) is 0 Å². The summed E-state index contributed by atoms with van der Waals surface area (Å²) in [6.07, 6.45) is 0. The average molecular weight is 360 g/mol. The fourth-order valence-electron chi connectivity index (χ4n) is 2.11. The first kappa shape index (κ1) is 20.6. The summed E-state index contributed by atoms with van der Waals surface area (Å²) in [7, 11) is 3.32. The summed E-state index contributed by atoms with van der Waals surface area (Å²) < 4.78 is 10.1. The molecule has 0 atom stereocenters. The van der Waals surface area contributed by atoms with Gasteiger partial charge in [-0.15, -0.1) is 0 Å². The van der Waals surface area contributed by atoms with Crippen LogP contribution >= 0.6 is 0 Å². The maximum Gasteiger partial charge on any atom is 0.217 e. The molecule has 0 radical (unpaired) electrons. The van der Waals surface area contributed by atoms with Gasteiger partial charge in [0.25, 0.3) is 0 Å². The largest absolute Gasteiger partial charge is 0.497 e. The Balaban J connectivity index is 0.000000289. The molecule has 8 nitrogen and oxygen atoms in total. The summed E-state index contributed by atoms with van der Waals surface area (Å²) in [5.74, 6) is -0.357. The Morgan fingerprint density at radius 2 is 1.15 bits per heavy atom. The lowest BCUT2D eigenvalue weighted by Gasteiger charge is -2.08. The van der Waals surface area contributed by atoms with Gasteiger partial charge in [0.1, 0.15) is 58.1 Å². The van der Waals surface area contributed by atoms with E-state index in [1.54, 1.807) is 14.2 Å². The van der Waals surface area contributed by atoms with Crippen molar-refractivity contribution in [3.63, 3.8) is 0 Å². The van der Waals surface area contributed by atoms with Crippen molar-refractivity contribution >= 4 is 11.6 Å². The van der Waals surface area contributed by atoms with Gasteiger partial charge in [0, 0.05) is 0 Å². The summed E-state index contributed by atoms with van der Waals surface area (Å²) >= 11 is 0. The molecule has 0 N–H and O–H groups in total. The number of ether oxygens (including phenoxy) is 2. The predicted octanol–water partition coefficient (Wildman–Crippen LogP) is 1.84. The second kappa shape index (κ2) is 9.18. The third-order valence-corrected chi connectivity index (χ3v) is 3.46. The highest BCUT2D eigenvalue weighted by molar-refractivity contribution is 6.30. The number of ketones is 2. The SMILES string of the molecule is COc1ccc(OC)c(C)c1.N#CC1=C(C#N)C(=O)C(C#N)=C(C#N)C1=O. The number of hydrogen-bond acceptors (Lipinski definition) is 8. The van der Waals surface area contributed by atoms with Gasteiger partial charge < -0.3 is 9.47 Å². The van der Waals surface area contributed by atoms with Crippen LogP contribution in [-0.4, -0.2) is 25.8 Å². The molecular weight excluding hydrogens is 348 g/mol. The normalized spacial score (nSPS) is 12.7. The molecule has 0 unspecified atom stereocenters. The molecule has 8 heteroatoms. The Labute approximate surface area is 155 Å². The first-order valence-corrected chi connectivity index (χ1v) is 7.27. The number of benzene rings is 1. The van der Waals surface area contributed by atoms with Crippen molar-refractivity contribution in [3.8, 4) is 35.8 Å². The molecule has 0 aliphatic heterocycles. The van der Waals surface area contributed by atoms with Crippen LogP contribution in [0, 0.1) is 52.2 Å². The Morgan fingerprint density at radius 1 is 0.741 bits per heavy atom. The van der Waals surface area contributed by atoms with Crippen LogP contribution in [0.5, 0.6) is 11.5 Å². The number of hydrogen-bond donors (Lipinski definition) is 0. The van der Waals surface area contributed by atoms with E-state index in [1.807, 2.05) is 25.1 Å². The smallest absolute Gasteiger partial charge is 0.217 e. The summed E-state index contributed by atoms with van der Waals surface area (Å²) in [4.78, 5) is 22.9. The highest BCUT2D eigenvalue weighted by atomic mass is 16.5. The maximum atomic E-state index is 11.5. The Morgan fingerprint density at radius 3 is 1.41 bits per heavy atom. The van der Waals surface area contributed by atoms with Crippen LogP contribution in [-0.2, 0) is 9.59 Å². The molecule has 27 heavy (non-hydrogen) atoms. The predicted molar refractivity (Wildman–Crippen MR) is 90.8 cm³/mol. The van der Waals surface area contributed by atoms with Crippen LogP contribution in [0.4, 0.5) is 0 Å². The number of nitrogens with zero attached hydrogens (tertiary/aromatic N) is 4. The number of carbonyl (C=O) groups is 2. The maximum absolute atomic E-state index is 11.5. The molecule has 132 valence electrons. The van der Waals surface area contributed by atoms with E-state index in [0.29, 0.717) is 0 Å². The number of nitriles is 4. The molecule has 0 amide bonds. The number of carbonyl (C=O) groups excluding carboxylic acids is 2. The molecule has 0 heterocycles. The number of methoxy groups -OCH3 is 2. The van der Waals surface area contributed by atoms with Gasteiger partial charge in [0.15, 0.2) is 0 Å². The summed E-state index contributed by atoms with van der Waals surface area (Å²) in [5, 5.41) is 34.4. The van der Waals surface area contributed by atoms with E-state index in [9.17, 15) is 9.59 Å². The molecule has 0 saturated carbocycles. The van der Waals surface area contributed by atoms with Crippen LogP contribution in [0.1, 0.15) is 5.56 Å². The van der Waals surface area contributed by atoms with Gasteiger partial charge in [-0.25, -0.2) is 0 Å². The molecule has 1 aromatic rings. The summed E-state index contributed by atoms with van der Waals surface area (Å²) in [5.41, 5.74) is -1.68. The van der Waals surface area contributed by atoms with E-state index in [2.05, 4.69) is 0 Å². The van der Waals surface area contributed by atoms with Crippen LogP contribution in [0.3, 0.4) is 0 Å². The highest BCUT2D eigenvalue weighted by Gasteiger charge is 2.35. The van der Waals surface area contributed by atoms with Crippen molar-refractivity contribution in [3.05, 3.63) is 46.1 Å². The van der Waals surface area contributed by atoms with Crippen molar-refractivity contribution in [2.75, 3.05) is 14.2 Å². The Kier molecular flexibility index (Phi) is 7.02. The quantitative estimate of drug-likeness (QED) is 0.725. The fraction of sp³-hybridized carbons (Fsp3) is 0.158. The zero-order valence-electron chi connectivity index (χ0n) is 14.7. The monoisotopic (exact) mass is 360 g/mol.